The summed E-state index contributed by atoms with van der Waals surface area (Å²) < 4.78 is 12.2. The number of likely N-dealkylation sites (tertiary alicyclic amines) is 1. The molecule has 0 radical (unpaired) electrons. The molecule has 3 saturated heterocycles. The molecule has 9 nitrogen and oxygen atoms in total. The SMILES string of the molecule is CCOc1ccc(NC(=O)[C@H]2[C@H]3C(=O)N([C@@H](CO)[C@@H](C)CC)C(C(=O)NC(C)(C)C)C34CC[C@]2(C)O4)cc1. The van der Waals surface area contributed by atoms with Gasteiger partial charge in [0.05, 0.1) is 36.7 Å². The Hall–Kier alpha value is -2.65. The molecule has 38 heavy (non-hydrogen) atoms. The maximum Gasteiger partial charge on any atom is 0.246 e. The number of nitrogens with one attached hydrogen (secondary N) is 2. The van der Waals surface area contributed by atoms with E-state index in [1.165, 1.54) is 0 Å². The van der Waals surface area contributed by atoms with Crippen LogP contribution in [0.4, 0.5) is 5.69 Å². The van der Waals surface area contributed by atoms with Crippen molar-refractivity contribution in [3.05, 3.63) is 24.3 Å². The first-order chi connectivity index (χ1) is 17.8. The Balaban J connectivity index is 1.72. The van der Waals surface area contributed by atoms with Crippen molar-refractivity contribution >= 4 is 23.4 Å². The number of rotatable bonds is 9. The van der Waals surface area contributed by atoms with Crippen LogP contribution in [0.3, 0.4) is 0 Å². The largest absolute Gasteiger partial charge is 0.494 e. The molecule has 1 aromatic rings. The van der Waals surface area contributed by atoms with Crippen LogP contribution < -0.4 is 15.4 Å². The fourth-order valence-electron chi connectivity index (χ4n) is 6.69. The lowest BCUT2D eigenvalue weighted by Crippen LogP contribution is -2.61. The first kappa shape index (κ1) is 28.4. The Labute approximate surface area is 225 Å². The molecule has 3 fully saturated rings. The zero-order chi connectivity index (χ0) is 28.0. The van der Waals surface area contributed by atoms with Crippen molar-refractivity contribution in [1.82, 2.24) is 10.2 Å². The Morgan fingerprint density at radius 2 is 1.84 bits per heavy atom. The second-order valence-corrected chi connectivity index (χ2v) is 12.3. The Morgan fingerprint density at radius 1 is 1.18 bits per heavy atom. The molecule has 0 aliphatic carbocycles. The lowest BCUT2D eigenvalue weighted by Gasteiger charge is -2.40. The molecule has 0 saturated carbocycles. The van der Waals surface area contributed by atoms with E-state index < -0.39 is 40.7 Å². The Kier molecular flexibility index (Phi) is 7.58. The van der Waals surface area contributed by atoms with E-state index in [9.17, 15) is 19.5 Å². The van der Waals surface area contributed by atoms with Crippen molar-refractivity contribution in [2.75, 3.05) is 18.5 Å². The predicted molar refractivity (Wildman–Crippen MR) is 144 cm³/mol. The highest BCUT2D eigenvalue weighted by Crippen LogP contribution is 2.63. The van der Waals surface area contributed by atoms with E-state index in [1.54, 1.807) is 29.2 Å². The zero-order valence-corrected chi connectivity index (χ0v) is 23.7. The van der Waals surface area contributed by atoms with Crippen molar-refractivity contribution in [3.63, 3.8) is 0 Å². The molecule has 3 aliphatic rings. The molecule has 3 N–H and O–H groups in total. The number of fused-ring (bicyclic) bond motifs is 1. The van der Waals surface area contributed by atoms with E-state index in [-0.39, 0.29) is 30.2 Å². The number of hydrogen-bond donors (Lipinski definition) is 3. The number of benzene rings is 1. The van der Waals surface area contributed by atoms with E-state index >= 15 is 0 Å². The van der Waals surface area contributed by atoms with Gasteiger partial charge in [-0.15, -0.1) is 0 Å². The van der Waals surface area contributed by atoms with Crippen LogP contribution in [0.1, 0.15) is 67.7 Å². The fraction of sp³-hybridized carbons (Fsp3) is 0.690. The van der Waals surface area contributed by atoms with Gasteiger partial charge in [0.1, 0.15) is 17.4 Å². The number of ether oxygens (including phenoxy) is 2. The topological polar surface area (TPSA) is 117 Å². The number of aliphatic hydroxyl groups is 1. The first-order valence-corrected chi connectivity index (χ1v) is 13.8. The van der Waals surface area contributed by atoms with E-state index in [1.807, 2.05) is 48.5 Å². The van der Waals surface area contributed by atoms with E-state index in [4.69, 9.17) is 9.47 Å². The predicted octanol–water partition coefficient (Wildman–Crippen LogP) is 3.11. The molecule has 3 amide bonds. The molecule has 0 aromatic heterocycles. The molecule has 1 aromatic carbocycles. The molecule has 7 atom stereocenters. The molecule has 3 aliphatic heterocycles. The molecule has 3 heterocycles. The van der Waals surface area contributed by atoms with Crippen LogP contribution in [0.15, 0.2) is 24.3 Å². The van der Waals surface area contributed by atoms with Gasteiger partial charge in [-0.3, -0.25) is 14.4 Å². The smallest absolute Gasteiger partial charge is 0.246 e. The number of nitrogens with zero attached hydrogens (tertiary/aromatic N) is 1. The summed E-state index contributed by atoms with van der Waals surface area (Å²) in [7, 11) is 0. The van der Waals surface area contributed by atoms with Crippen molar-refractivity contribution in [1.29, 1.82) is 0 Å². The minimum absolute atomic E-state index is 0.0481. The van der Waals surface area contributed by atoms with Gasteiger partial charge in [-0.2, -0.15) is 0 Å². The summed E-state index contributed by atoms with van der Waals surface area (Å²) in [4.78, 5) is 43.5. The molecule has 1 spiro atoms. The maximum absolute atomic E-state index is 14.3. The number of hydrogen-bond acceptors (Lipinski definition) is 6. The fourth-order valence-corrected chi connectivity index (χ4v) is 6.69. The summed E-state index contributed by atoms with van der Waals surface area (Å²) in [5, 5.41) is 16.4. The van der Waals surface area contributed by atoms with Crippen LogP contribution in [0, 0.1) is 17.8 Å². The normalized spacial score (nSPS) is 31.6. The van der Waals surface area contributed by atoms with Gasteiger partial charge >= 0.3 is 0 Å². The monoisotopic (exact) mass is 529 g/mol. The van der Waals surface area contributed by atoms with Crippen LogP contribution in [-0.4, -0.2) is 69.8 Å². The maximum atomic E-state index is 14.3. The summed E-state index contributed by atoms with van der Waals surface area (Å²) in [5.74, 6) is -1.86. The highest BCUT2D eigenvalue weighted by molar-refractivity contribution is 6.02. The highest BCUT2D eigenvalue weighted by atomic mass is 16.5. The number of carbonyl (C=O) groups is 3. The van der Waals surface area contributed by atoms with Crippen molar-refractivity contribution in [3.8, 4) is 5.75 Å². The van der Waals surface area contributed by atoms with Crippen LogP contribution in [0.2, 0.25) is 0 Å². The minimum atomic E-state index is -1.14. The van der Waals surface area contributed by atoms with Crippen LogP contribution in [-0.2, 0) is 19.1 Å². The third kappa shape index (κ3) is 4.68. The molecule has 9 heteroatoms. The molecule has 2 unspecified atom stereocenters. The van der Waals surface area contributed by atoms with Crippen molar-refractivity contribution in [2.45, 2.75) is 96.6 Å². The van der Waals surface area contributed by atoms with Crippen LogP contribution in [0.5, 0.6) is 5.75 Å². The summed E-state index contributed by atoms with van der Waals surface area (Å²) in [6.45, 7) is 13.7. The van der Waals surface area contributed by atoms with Gasteiger partial charge in [0.2, 0.25) is 17.7 Å². The van der Waals surface area contributed by atoms with Crippen molar-refractivity contribution in [2.24, 2.45) is 17.8 Å². The van der Waals surface area contributed by atoms with E-state index in [0.717, 1.165) is 6.42 Å². The summed E-state index contributed by atoms with van der Waals surface area (Å²) >= 11 is 0. The van der Waals surface area contributed by atoms with Gasteiger partial charge in [0, 0.05) is 11.2 Å². The number of amides is 3. The lowest BCUT2D eigenvalue weighted by molar-refractivity contribution is -0.150. The average molecular weight is 530 g/mol. The zero-order valence-electron chi connectivity index (χ0n) is 23.7. The van der Waals surface area contributed by atoms with Gasteiger partial charge in [-0.05, 0) is 77.6 Å². The Morgan fingerprint density at radius 3 is 2.39 bits per heavy atom. The van der Waals surface area contributed by atoms with E-state index in [2.05, 4.69) is 10.6 Å². The average Bonchev–Trinajstić information content (AvgIpc) is 3.41. The number of aliphatic hydroxyl groups excluding tert-OH is 1. The van der Waals surface area contributed by atoms with Gasteiger partial charge in [-0.1, -0.05) is 20.3 Å². The van der Waals surface area contributed by atoms with Crippen molar-refractivity contribution < 1.29 is 29.0 Å². The standard InChI is InChI=1S/C29H43N3O6/c1-8-17(3)20(16-33)32-23(25(35)31-27(4,5)6)29-15-14-28(7,38-29)21(22(29)26(32)36)24(34)30-18-10-12-19(13-11-18)37-9-2/h10-13,17,20-23,33H,8-9,14-16H2,1-7H3,(H,30,34)(H,31,35)/t17-,20-,21+,22-,23?,28-,29?/m0/s1. The summed E-state index contributed by atoms with van der Waals surface area (Å²) in [5.41, 5.74) is -1.96. The van der Waals surface area contributed by atoms with Crippen LogP contribution >= 0.6 is 0 Å². The van der Waals surface area contributed by atoms with Gasteiger partial charge in [0.25, 0.3) is 0 Å². The highest BCUT2D eigenvalue weighted by Gasteiger charge is 2.78. The van der Waals surface area contributed by atoms with Gasteiger partial charge in [-0.25, -0.2) is 0 Å². The Bertz CT molecular complexity index is 1070. The molecular formula is C29H43N3O6. The third-order valence-corrected chi connectivity index (χ3v) is 8.52. The van der Waals surface area contributed by atoms with Crippen LogP contribution in [0.25, 0.3) is 0 Å². The summed E-state index contributed by atoms with van der Waals surface area (Å²) in [6, 6.07) is 5.60. The van der Waals surface area contributed by atoms with Gasteiger partial charge < -0.3 is 30.1 Å². The van der Waals surface area contributed by atoms with E-state index in [0.29, 0.717) is 30.9 Å². The molecular weight excluding hydrogens is 486 g/mol. The number of anilines is 1. The quantitative estimate of drug-likeness (QED) is 0.453. The second-order valence-electron chi connectivity index (χ2n) is 12.3. The minimum Gasteiger partial charge on any atom is -0.494 e. The van der Waals surface area contributed by atoms with Gasteiger partial charge in [0.15, 0.2) is 0 Å². The summed E-state index contributed by atoms with van der Waals surface area (Å²) in [6.07, 6.45) is 1.77. The third-order valence-electron chi connectivity index (χ3n) is 8.52. The second kappa shape index (κ2) is 10.2. The molecule has 4 rings (SSSR count). The lowest BCUT2D eigenvalue weighted by atomic mass is 9.66. The number of carbonyl (C=O) groups excluding carboxylic acids is 3. The first-order valence-electron chi connectivity index (χ1n) is 13.8. The molecule has 2 bridgehead atoms. The molecule has 210 valence electrons.